The first-order chi connectivity index (χ1) is 8.63. The van der Waals surface area contributed by atoms with Crippen LogP contribution in [0.2, 0.25) is 0 Å². The first-order valence-corrected chi connectivity index (χ1v) is 6.66. The monoisotopic (exact) mass is 253 g/mol. The number of aryl methyl sites for hydroxylation is 1. The molecule has 18 heavy (non-hydrogen) atoms. The van der Waals surface area contributed by atoms with E-state index >= 15 is 0 Å². The van der Waals surface area contributed by atoms with Gasteiger partial charge in [-0.1, -0.05) is 32.4 Å². The van der Waals surface area contributed by atoms with E-state index in [0.29, 0.717) is 5.56 Å². The summed E-state index contributed by atoms with van der Waals surface area (Å²) in [7, 11) is 1.72. The van der Waals surface area contributed by atoms with Crippen molar-refractivity contribution in [2.75, 3.05) is 13.7 Å². The van der Waals surface area contributed by atoms with Crippen LogP contribution in [0.1, 0.15) is 43.9 Å². The minimum atomic E-state index is -0.151. The van der Waals surface area contributed by atoms with Crippen molar-refractivity contribution in [2.45, 2.75) is 45.8 Å². The van der Waals surface area contributed by atoms with Crippen molar-refractivity contribution in [3.63, 3.8) is 0 Å². The van der Waals surface area contributed by atoms with E-state index in [1.807, 2.05) is 12.1 Å². The van der Waals surface area contributed by atoms with E-state index in [4.69, 9.17) is 4.74 Å². The van der Waals surface area contributed by atoms with Crippen LogP contribution in [-0.4, -0.2) is 19.8 Å². The number of hydrogen-bond donors (Lipinski definition) is 1. The second kappa shape index (κ2) is 7.49. The van der Waals surface area contributed by atoms with E-state index in [-0.39, 0.29) is 18.0 Å². The van der Waals surface area contributed by atoms with Crippen molar-refractivity contribution < 1.29 is 9.13 Å². The number of likely N-dealkylation sites (N-methyl/N-ethyl adjacent to an activating group) is 1. The van der Waals surface area contributed by atoms with E-state index in [1.54, 1.807) is 20.1 Å². The summed E-state index contributed by atoms with van der Waals surface area (Å²) in [6.07, 6.45) is 2.09. The zero-order valence-corrected chi connectivity index (χ0v) is 11.8. The molecule has 1 aromatic carbocycles. The normalized spacial score (nSPS) is 14.5. The van der Waals surface area contributed by atoms with Crippen molar-refractivity contribution in [2.24, 2.45) is 0 Å². The van der Waals surface area contributed by atoms with Gasteiger partial charge in [0.05, 0.1) is 12.1 Å². The van der Waals surface area contributed by atoms with Crippen LogP contribution in [0.3, 0.4) is 0 Å². The highest BCUT2D eigenvalue weighted by atomic mass is 19.1. The van der Waals surface area contributed by atoms with E-state index in [9.17, 15) is 4.39 Å². The van der Waals surface area contributed by atoms with Crippen LogP contribution in [0, 0.1) is 12.7 Å². The molecule has 0 amide bonds. The molecule has 0 saturated heterocycles. The van der Waals surface area contributed by atoms with Crippen molar-refractivity contribution in [1.82, 2.24) is 5.32 Å². The summed E-state index contributed by atoms with van der Waals surface area (Å²) < 4.78 is 19.2. The lowest BCUT2D eigenvalue weighted by atomic mass is 9.97. The van der Waals surface area contributed by atoms with Gasteiger partial charge in [-0.2, -0.15) is 0 Å². The molecule has 102 valence electrons. The molecule has 2 nitrogen and oxygen atoms in total. The molecule has 3 heteroatoms. The molecule has 1 N–H and O–H groups in total. The van der Waals surface area contributed by atoms with E-state index in [2.05, 4.69) is 19.2 Å². The third kappa shape index (κ3) is 3.79. The van der Waals surface area contributed by atoms with Gasteiger partial charge in [0, 0.05) is 7.11 Å². The summed E-state index contributed by atoms with van der Waals surface area (Å²) in [4.78, 5) is 0. The zero-order valence-electron chi connectivity index (χ0n) is 11.8. The van der Waals surface area contributed by atoms with Crippen molar-refractivity contribution in [3.8, 4) is 0 Å². The summed E-state index contributed by atoms with van der Waals surface area (Å²) in [6.45, 7) is 6.80. The predicted octanol–water partition coefficient (Wildman–Crippen LogP) is 3.60. The Morgan fingerprint density at radius 2 is 2.06 bits per heavy atom. The molecular weight excluding hydrogens is 229 g/mol. The van der Waals surface area contributed by atoms with Crippen LogP contribution >= 0.6 is 0 Å². The summed E-state index contributed by atoms with van der Waals surface area (Å²) >= 11 is 0. The smallest absolute Gasteiger partial charge is 0.126 e. The van der Waals surface area contributed by atoms with Gasteiger partial charge in [0.15, 0.2) is 0 Å². The molecule has 0 aliphatic rings. The Morgan fingerprint density at radius 3 is 2.56 bits per heavy atom. The molecule has 1 rings (SSSR count). The molecule has 0 spiro atoms. The lowest BCUT2D eigenvalue weighted by Crippen LogP contribution is -2.33. The van der Waals surface area contributed by atoms with Gasteiger partial charge in [0.1, 0.15) is 5.82 Å². The van der Waals surface area contributed by atoms with Gasteiger partial charge in [0.2, 0.25) is 0 Å². The Kier molecular flexibility index (Phi) is 6.30. The van der Waals surface area contributed by atoms with Gasteiger partial charge in [-0.05, 0) is 37.1 Å². The first-order valence-electron chi connectivity index (χ1n) is 6.66. The Labute approximate surface area is 110 Å². The zero-order chi connectivity index (χ0) is 13.5. The number of ether oxygens (including phenoxy) is 1. The van der Waals surface area contributed by atoms with E-state index < -0.39 is 0 Å². The molecule has 0 saturated carbocycles. The minimum absolute atomic E-state index is 0.0510. The standard InChI is InChI=1S/C15H24FNO/c1-5-7-14(18-4)15(17-6-2)12-9-8-11(3)13(16)10-12/h8-10,14-15,17H,5-7H2,1-4H3. The van der Waals surface area contributed by atoms with Gasteiger partial charge in [-0.3, -0.25) is 0 Å². The molecule has 1 aromatic rings. The van der Waals surface area contributed by atoms with Crippen LogP contribution in [0.4, 0.5) is 4.39 Å². The minimum Gasteiger partial charge on any atom is -0.379 e. The van der Waals surface area contributed by atoms with Crippen LogP contribution in [-0.2, 0) is 4.74 Å². The molecule has 0 radical (unpaired) electrons. The molecular formula is C15H24FNO. The molecule has 0 fully saturated rings. The fourth-order valence-electron chi connectivity index (χ4n) is 2.19. The number of hydrogen-bond acceptors (Lipinski definition) is 2. The lowest BCUT2D eigenvalue weighted by Gasteiger charge is -2.27. The highest BCUT2D eigenvalue weighted by molar-refractivity contribution is 5.26. The topological polar surface area (TPSA) is 21.3 Å². The highest BCUT2D eigenvalue weighted by Gasteiger charge is 2.22. The largest absolute Gasteiger partial charge is 0.379 e. The van der Waals surface area contributed by atoms with E-state index in [1.165, 1.54) is 0 Å². The van der Waals surface area contributed by atoms with Crippen molar-refractivity contribution >= 4 is 0 Å². The summed E-state index contributed by atoms with van der Waals surface area (Å²) in [6, 6.07) is 5.47. The first kappa shape index (κ1) is 15.1. The van der Waals surface area contributed by atoms with Gasteiger partial charge in [-0.15, -0.1) is 0 Å². The van der Waals surface area contributed by atoms with Gasteiger partial charge >= 0.3 is 0 Å². The molecule has 0 aliphatic heterocycles. The molecule has 2 unspecified atom stereocenters. The third-order valence-electron chi connectivity index (χ3n) is 3.23. The fourth-order valence-corrected chi connectivity index (χ4v) is 2.19. The molecule has 0 heterocycles. The van der Waals surface area contributed by atoms with Crippen LogP contribution in [0.5, 0.6) is 0 Å². The molecule has 0 bridgehead atoms. The van der Waals surface area contributed by atoms with Crippen molar-refractivity contribution in [3.05, 3.63) is 35.1 Å². The maximum atomic E-state index is 13.7. The quantitative estimate of drug-likeness (QED) is 0.801. The van der Waals surface area contributed by atoms with Gasteiger partial charge in [0.25, 0.3) is 0 Å². The van der Waals surface area contributed by atoms with Crippen molar-refractivity contribution in [1.29, 1.82) is 0 Å². The van der Waals surface area contributed by atoms with E-state index in [0.717, 1.165) is 24.9 Å². The van der Waals surface area contributed by atoms with Gasteiger partial charge in [-0.25, -0.2) is 4.39 Å². The predicted molar refractivity (Wildman–Crippen MR) is 73.3 cm³/mol. The Morgan fingerprint density at radius 1 is 1.33 bits per heavy atom. The number of benzene rings is 1. The third-order valence-corrected chi connectivity index (χ3v) is 3.23. The molecule has 2 atom stereocenters. The maximum absolute atomic E-state index is 13.7. The van der Waals surface area contributed by atoms with Crippen LogP contribution in [0.15, 0.2) is 18.2 Å². The second-order valence-electron chi connectivity index (χ2n) is 4.61. The maximum Gasteiger partial charge on any atom is 0.126 e. The number of methoxy groups -OCH3 is 1. The molecule has 0 aliphatic carbocycles. The Hall–Kier alpha value is -0.930. The summed E-state index contributed by atoms with van der Waals surface area (Å²) in [5.74, 6) is -0.151. The van der Waals surface area contributed by atoms with Crippen LogP contribution in [0.25, 0.3) is 0 Å². The van der Waals surface area contributed by atoms with Gasteiger partial charge < -0.3 is 10.1 Å². The fraction of sp³-hybridized carbons (Fsp3) is 0.600. The van der Waals surface area contributed by atoms with Crippen LogP contribution < -0.4 is 5.32 Å². The second-order valence-corrected chi connectivity index (χ2v) is 4.61. The highest BCUT2D eigenvalue weighted by Crippen LogP contribution is 2.24. The summed E-state index contributed by atoms with van der Waals surface area (Å²) in [5.41, 5.74) is 1.64. The number of halogens is 1. The Bertz CT molecular complexity index is 368. The SMILES string of the molecule is CCCC(OC)C(NCC)c1ccc(C)c(F)c1. The average Bonchev–Trinajstić information content (AvgIpc) is 2.37. The Balaban J connectivity index is 2.98. The number of nitrogens with one attached hydrogen (secondary N) is 1. The lowest BCUT2D eigenvalue weighted by molar-refractivity contribution is 0.0610. The summed E-state index contributed by atoms with van der Waals surface area (Å²) in [5, 5.41) is 3.39. The number of rotatable bonds is 7. The molecule has 0 aromatic heterocycles. The average molecular weight is 253 g/mol.